The van der Waals surface area contributed by atoms with Gasteiger partial charge in [-0.25, -0.2) is 4.79 Å². The summed E-state index contributed by atoms with van der Waals surface area (Å²) in [6, 6.07) is 2.14. The number of methoxy groups -OCH3 is 1. The van der Waals surface area contributed by atoms with Crippen molar-refractivity contribution in [1.82, 2.24) is 0 Å². The molecule has 0 heterocycles. The van der Waals surface area contributed by atoms with Crippen LogP contribution in [0.15, 0.2) is 12.1 Å². The van der Waals surface area contributed by atoms with E-state index in [1.165, 1.54) is 13.2 Å². The number of benzene rings is 1. The first-order valence-corrected chi connectivity index (χ1v) is 3.44. The highest BCUT2D eigenvalue weighted by Gasteiger charge is 2.08. The molecule has 0 spiro atoms. The van der Waals surface area contributed by atoms with E-state index in [9.17, 15) is 9.90 Å². The highest BCUT2D eigenvalue weighted by Crippen LogP contribution is 2.28. The van der Waals surface area contributed by atoms with Crippen molar-refractivity contribution in [2.45, 2.75) is 0 Å². The summed E-state index contributed by atoms with van der Waals surface area (Å²) in [5, 5.41) is 19.7. The molecule has 0 atom stereocenters. The minimum Gasteiger partial charge on any atom is -0.870 e. The van der Waals surface area contributed by atoms with Crippen LogP contribution in [0, 0.1) is 0 Å². The SMILES string of the molecule is COc1cc(N)c(C(=O)O)cc1[O-]. The van der Waals surface area contributed by atoms with Crippen molar-refractivity contribution in [3.63, 3.8) is 0 Å². The van der Waals surface area contributed by atoms with Crippen LogP contribution in [0.1, 0.15) is 10.4 Å². The molecule has 0 amide bonds. The minimum atomic E-state index is -1.22. The molecule has 0 unspecified atom stereocenters. The number of nitrogens with two attached hydrogens (primary N) is 1. The molecule has 3 N–H and O–H groups in total. The number of ether oxygens (including phenoxy) is 1. The van der Waals surface area contributed by atoms with Gasteiger partial charge in [0.05, 0.1) is 12.7 Å². The molecule has 0 aliphatic carbocycles. The van der Waals surface area contributed by atoms with Crippen LogP contribution in [0.4, 0.5) is 5.69 Å². The van der Waals surface area contributed by atoms with Crippen LogP contribution in [0.2, 0.25) is 0 Å². The lowest BCUT2D eigenvalue weighted by Gasteiger charge is -2.14. The molecular weight excluding hydrogens is 174 g/mol. The molecule has 1 aromatic carbocycles. The summed E-state index contributed by atoms with van der Waals surface area (Å²) in [5.74, 6) is -1.67. The number of carbonyl (C=O) groups is 1. The van der Waals surface area contributed by atoms with E-state index in [4.69, 9.17) is 10.8 Å². The third-order valence-corrected chi connectivity index (χ3v) is 1.57. The van der Waals surface area contributed by atoms with Crippen molar-refractivity contribution < 1.29 is 19.7 Å². The summed E-state index contributed by atoms with van der Waals surface area (Å²) < 4.78 is 4.68. The molecule has 0 saturated heterocycles. The molecule has 0 bridgehead atoms. The molecule has 0 aliphatic rings. The predicted molar refractivity (Wildman–Crippen MR) is 43.8 cm³/mol. The Morgan fingerprint density at radius 1 is 1.62 bits per heavy atom. The van der Waals surface area contributed by atoms with Crippen molar-refractivity contribution in [3.05, 3.63) is 17.7 Å². The molecular formula is C8H8NO4-. The van der Waals surface area contributed by atoms with Crippen LogP contribution in [0.5, 0.6) is 11.5 Å². The molecule has 70 valence electrons. The van der Waals surface area contributed by atoms with Gasteiger partial charge in [-0.15, -0.1) is 0 Å². The Labute approximate surface area is 74.4 Å². The van der Waals surface area contributed by atoms with Crippen molar-refractivity contribution in [2.24, 2.45) is 0 Å². The van der Waals surface area contributed by atoms with Crippen molar-refractivity contribution in [2.75, 3.05) is 12.8 Å². The second kappa shape index (κ2) is 3.22. The smallest absolute Gasteiger partial charge is 0.337 e. The monoisotopic (exact) mass is 182 g/mol. The van der Waals surface area contributed by atoms with E-state index in [2.05, 4.69) is 4.74 Å². The zero-order chi connectivity index (χ0) is 10.0. The minimum absolute atomic E-state index is 0.0175. The Hall–Kier alpha value is -1.91. The van der Waals surface area contributed by atoms with Crippen LogP contribution in [-0.4, -0.2) is 18.2 Å². The van der Waals surface area contributed by atoms with Gasteiger partial charge in [-0.3, -0.25) is 0 Å². The molecule has 5 nitrogen and oxygen atoms in total. The predicted octanol–water partition coefficient (Wildman–Crippen LogP) is 0.0492. The van der Waals surface area contributed by atoms with Gasteiger partial charge in [-0.1, -0.05) is 5.75 Å². The van der Waals surface area contributed by atoms with E-state index in [0.29, 0.717) is 0 Å². The second-order valence-electron chi connectivity index (χ2n) is 2.40. The van der Waals surface area contributed by atoms with Gasteiger partial charge >= 0.3 is 5.97 Å². The first-order chi connectivity index (χ1) is 6.06. The average Bonchev–Trinajstić information content (AvgIpc) is 2.07. The fourth-order valence-electron chi connectivity index (χ4n) is 0.920. The van der Waals surface area contributed by atoms with Crippen LogP contribution in [0.25, 0.3) is 0 Å². The molecule has 0 saturated carbocycles. The van der Waals surface area contributed by atoms with E-state index in [1.54, 1.807) is 0 Å². The number of rotatable bonds is 2. The summed E-state index contributed by atoms with van der Waals surface area (Å²) in [7, 11) is 1.32. The van der Waals surface area contributed by atoms with Crippen molar-refractivity contribution in [3.8, 4) is 11.5 Å². The Morgan fingerprint density at radius 2 is 2.23 bits per heavy atom. The summed E-state index contributed by atoms with van der Waals surface area (Å²) in [6.45, 7) is 0. The van der Waals surface area contributed by atoms with Gasteiger partial charge in [0.1, 0.15) is 5.75 Å². The fourth-order valence-corrected chi connectivity index (χ4v) is 0.920. The largest absolute Gasteiger partial charge is 0.870 e. The maximum atomic E-state index is 11.1. The number of aromatic carboxylic acids is 1. The second-order valence-corrected chi connectivity index (χ2v) is 2.40. The summed E-state index contributed by atoms with van der Waals surface area (Å²) >= 11 is 0. The zero-order valence-electron chi connectivity index (χ0n) is 6.90. The number of carboxylic acids is 1. The standard InChI is InChI=1S/C8H9NO4/c1-13-7-3-5(9)4(8(11)12)2-6(7)10/h2-3,10H,9H2,1H3,(H,11,12)/p-1. The summed E-state index contributed by atoms with van der Waals surface area (Å²) in [4.78, 5) is 10.5. The Kier molecular flexibility index (Phi) is 2.27. The lowest BCUT2D eigenvalue weighted by atomic mass is 10.1. The van der Waals surface area contributed by atoms with Crippen LogP contribution in [0.3, 0.4) is 0 Å². The van der Waals surface area contributed by atoms with Gasteiger partial charge in [-0.05, 0) is 6.07 Å². The number of carboxylic acid groups (broad SMARTS) is 1. The summed E-state index contributed by atoms with van der Waals surface area (Å²) in [6.07, 6.45) is 0. The quantitative estimate of drug-likeness (QED) is 0.630. The molecule has 5 heteroatoms. The van der Waals surface area contributed by atoms with Gasteiger partial charge in [-0.2, -0.15) is 0 Å². The molecule has 0 radical (unpaired) electrons. The zero-order valence-corrected chi connectivity index (χ0v) is 6.90. The molecule has 13 heavy (non-hydrogen) atoms. The first kappa shape index (κ1) is 9.18. The van der Waals surface area contributed by atoms with Gasteiger partial charge in [0.2, 0.25) is 0 Å². The molecule has 0 fully saturated rings. The van der Waals surface area contributed by atoms with E-state index in [-0.39, 0.29) is 17.0 Å². The van der Waals surface area contributed by atoms with Gasteiger partial charge in [0, 0.05) is 11.8 Å². The Balaban J connectivity index is 3.28. The molecule has 0 aromatic heterocycles. The number of hydrogen-bond acceptors (Lipinski definition) is 4. The van der Waals surface area contributed by atoms with Crippen molar-refractivity contribution >= 4 is 11.7 Å². The third-order valence-electron chi connectivity index (χ3n) is 1.57. The van der Waals surface area contributed by atoms with Crippen LogP contribution < -0.4 is 15.6 Å². The average molecular weight is 182 g/mol. The molecule has 1 rings (SSSR count). The van der Waals surface area contributed by atoms with E-state index in [1.807, 2.05) is 0 Å². The third kappa shape index (κ3) is 1.64. The first-order valence-electron chi connectivity index (χ1n) is 3.44. The highest BCUT2D eigenvalue weighted by atomic mass is 16.5. The van der Waals surface area contributed by atoms with Crippen LogP contribution >= 0.6 is 0 Å². The lowest BCUT2D eigenvalue weighted by Crippen LogP contribution is -2.05. The number of nitrogen functional groups attached to an aromatic ring is 1. The van der Waals surface area contributed by atoms with E-state index < -0.39 is 11.7 Å². The highest BCUT2D eigenvalue weighted by molar-refractivity contribution is 5.94. The molecule has 1 aromatic rings. The Bertz CT molecular complexity index is 348. The fraction of sp³-hybridized carbons (Fsp3) is 0.125. The summed E-state index contributed by atoms with van der Waals surface area (Å²) in [5.41, 5.74) is 5.18. The number of hydrogen-bond donors (Lipinski definition) is 2. The number of anilines is 1. The lowest BCUT2D eigenvalue weighted by molar-refractivity contribution is -0.270. The normalized spacial score (nSPS) is 9.62. The van der Waals surface area contributed by atoms with Crippen LogP contribution in [-0.2, 0) is 0 Å². The topological polar surface area (TPSA) is 95.6 Å². The Morgan fingerprint density at radius 3 is 2.69 bits per heavy atom. The van der Waals surface area contributed by atoms with Gasteiger partial charge < -0.3 is 20.7 Å². The maximum absolute atomic E-state index is 11.1. The van der Waals surface area contributed by atoms with Gasteiger partial charge in [0.25, 0.3) is 0 Å². The van der Waals surface area contributed by atoms with E-state index >= 15 is 0 Å². The van der Waals surface area contributed by atoms with Crippen molar-refractivity contribution in [1.29, 1.82) is 0 Å². The molecule has 0 aliphatic heterocycles. The van der Waals surface area contributed by atoms with E-state index in [0.717, 1.165) is 6.07 Å². The maximum Gasteiger partial charge on any atom is 0.337 e. The van der Waals surface area contributed by atoms with Gasteiger partial charge in [0.15, 0.2) is 0 Å².